The summed E-state index contributed by atoms with van der Waals surface area (Å²) in [5, 5.41) is 5.44. The van der Waals surface area contributed by atoms with Crippen LogP contribution in [-0.2, 0) is 6.42 Å². The van der Waals surface area contributed by atoms with Gasteiger partial charge in [0, 0.05) is 12.6 Å². The van der Waals surface area contributed by atoms with E-state index in [9.17, 15) is 0 Å². The number of imidazole rings is 1. The predicted octanol–water partition coefficient (Wildman–Crippen LogP) is 2.67. The Morgan fingerprint density at radius 3 is 3.00 bits per heavy atom. The van der Waals surface area contributed by atoms with Crippen LogP contribution in [0.1, 0.15) is 31.9 Å². The number of nitrogens with one attached hydrogen (secondary N) is 1. The van der Waals surface area contributed by atoms with Gasteiger partial charge in [-0.05, 0) is 18.1 Å². The van der Waals surface area contributed by atoms with Crippen LogP contribution in [0.15, 0.2) is 17.7 Å². The van der Waals surface area contributed by atoms with Crippen molar-refractivity contribution in [2.75, 3.05) is 13.1 Å². The van der Waals surface area contributed by atoms with Crippen molar-refractivity contribution < 1.29 is 0 Å². The van der Waals surface area contributed by atoms with Gasteiger partial charge in [-0.1, -0.05) is 13.3 Å². The lowest BCUT2D eigenvalue weighted by Gasteiger charge is -2.12. The van der Waals surface area contributed by atoms with Crippen LogP contribution in [0.2, 0.25) is 0 Å². The van der Waals surface area contributed by atoms with Gasteiger partial charge in [-0.25, -0.2) is 9.99 Å². The first-order chi connectivity index (χ1) is 7.86. The molecule has 0 amide bonds. The van der Waals surface area contributed by atoms with Gasteiger partial charge in [0.15, 0.2) is 0 Å². The molecule has 0 aliphatic carbocycles. The van der Waals surface area contributed by atoms with Crippen molar-refractivity contribution in [1.82, 2.24) is 15.0 Å². The van der Waals surface area contributed by atoms with Crippen molar-refractivity contribution in [3.63, 3.8) is 0 Å². The van der Waals surface area contributed by atoms with E-state index in [0.717, 1.165) is 31.6 Å². The molecule has 1 heterocycles. The summed E-state index contributed by atoms with van der Waals surface area (Å²) in [5.41, 5.74) is 9.44. The number of aromatic amines is 1. The summed E-state index contributed by atoms with van der Waals surface area (Å²) in [7, 11) is 0. The largest absolute Gasteiger partial charge is 0.351 e. The molecule has 0 bridgehead atoms. The molecule has 0 fully saturated rings. The van der Waals surface area contributed by atoms with Gasteiger partial charge in [0.05, 0.1) is 25.1 Å². The third kappa shape index (κ3) is 4.70. The molecule has 0 aliphatic heterocycles. The van der Waals surface area contributed by atoms with Crippen LogP contribution in [-0.4, -0.2) is 28.1 Å². The van der Waals surface area contributed by atoms with Crippen LogP contribution in [0.4, 0.5) is 0 Å². The van der Waals surface area contributed by atoms with E-state index in [4.69, 9.17) is 5.53 Å². The van der Waals surface area contributed by atoms with Gasteiger partial charge in [0.1, 0.15) is 0 Å². The molecule has 0 radical (unpaired) electrons. The van der Waals surface area contributed by atoms with E-state index in [1.807, 2.05) is 6.20 Å². The van der Waals surface area contributed by atoms with Crippen LogP contribution < -0.4 is 0 Å². The van der Waals surface area contributed by atoms with Gasteiger partial charge in [0.25, 0.3) is 0 Å². The molecule has 1 aromatic rings. The van der Waals surface area contributed by atoms with E-state index in [1.54, 1.807) is 11.3 Å². The smallest absolute Gasteiger partial charge is 0.0940 e. The van der Waals surface area contributed by atoms with E-state index in [1.165, 1.54) is 12.8 Å². The molecule has 6 heteroatoms. The van der Waals surface area contributed by atoms with Crippen LogP contribution in [0.25, 0.3) is 10.4 Å². The first kappa shape index (κ1) is 12.4. The molecular weight excluding hydrogens is 204 g/mol. The average molecular weight is 222 g/mol. The molecule has 0 aromatic carbocycles. The fourth-order valence-electron chi connectivity index (χ4n) is 1.47. The molecule has 6 nitrogen and oxygen atoms in total. The van der Waals surface area contributed by atoms with Crippen LogP contribution in [0.3, 0.4) is 0 Å². The van der Waals surface area contributed by atoms with Crippen LogP contribution in [0, 0.1) is 0 Å². The van der Waals surface area contributed by atoms with E-state index in [-0.39, 0.29) is 0 Å². The molecule has 1 aromatic heterocycles. The number of rotatable bonds is 8. The fourth-order valence-corrected chi connectivity index (χ4v) is 1.47. The zero-order valence-corrected chi connectivity index (χ0v) is 9.63. The zero-order chi connectivity index (χ0) is 11.6. The summed E-state index contributed by atoms with van der Waals surface area (Å²) in [5.74, 6) is 0. The number of aromatic nitrogens is 2. The minimum atomic E-state index is 0.721. The average Bonchev–Trinajstić information content (AvgIpc) is 2.79. The first-order valence-corrected chi connectivity index (χ1v) is 5.64. The molecule has 1 rings (SSSR count). The predicted molar refractivity (Wildman–Crippen MR) is 62.5 cm³/mol. The van der Waals surface area contributed by atoms with Gasteiger partial charge in [-0.2, -0.15) is 4.91 Å². The maximum absolute atomic E-state index is 8.45. The van der Waals surface area contributed by atoms with Crippen molar-refractivity contribution in [2.45, 2.75) is 32.6 Å². The number of hydrogen-bond acceptors (Lipinski definition) is 2. The second-order valence-electron chi connectivity index (χ2n) is 3.65. The summed E-state index contributed by atoms with van der Waals surface area (Å²) in [6, 6.07) is 0. The second kappa shape index (κ2) is 7.59. The lowest BCUT2D eigenvalue weighted by molar-refractivity contribution is 0.278. The molecule has 0 aliphatic rings. The number of hydrogen-bond donors (Lipinski definition) is 1. The summed E-state index contributed by atoms with van der Waals surface area (Å²) >= 11 is 0. The highest BCUT2D eigenvalue weighted by Crippen LogP contribution is 2.02. The third-order valence-corrected chi connectivity index (χ3v) is 2.37. The van der Waals surface area contributed by atoms with E-state index >= 15 is 0 Å². The lowest BCUT2D eigenvalue weighted by atomic mass is 10.2. The van der Waals surface area contributed by atoms with E-state index < -0.39 is 0 Å². The van der Waals surface area contributed by atoms with Crippen molar-refractivity contribution in [3.05, 3.63) is 28.7 Å². The quantitative estimate of drug-likeness (QED) is 0.241. The maximum Gasteiger partial charge on any atom is 0.0940 e. The van der Waals surface area contributed by atoms with E-state index in [2.05, 4.69) is 27.0 Å². The van der Waals surface area contributed by atoms with Gasteiger partial charge < -0.3 is 4.98 Å². The molecule has 0 saturated carbocycles. The van der Waals surface area contributed by atoms with Crippen molar-refractivity contribution in [3.8, 4) is 0 Å². The molecule has 0 atom stereocenters. The maximum atomic E-state index is 8.45. The van der Waals surface area contributed by atoms with Gasteiger partial charge in [-0.15, -0.1) is 5.53 Å². The monoisotopic (exact) mass is 222 g/mol. The summed E-state index contributed by atoms with van der Waals surface area (Å²) in [6.45, 7) is 3.70. The Morgan fingerprint density at radius 1 is 1.50 bits per heavy atom. The Labute approximate surface area is 95.3 Å². The molecule has 88 valence electrons. The molecule has 0 saturated heterocycles. The molecule has 0 unspecified atom stereocenters. The highest BCUT2D eigenvalue weighted by molar-refractivity contribution is 4.94. The van der Waals surface area contributed by atoms with Crippen molar-refractivity contribution >= 4 is 0 Å². The second-order valence-corrected chi connectivity index (χ2v) is 3.65. The summed E-state index contributed by atoms with van der Waals surface area (Å²) < 4.78 is 0. The van der Waals surface area contributed by atoms with Crippen LogP contribution >= 0.6 is 0 Å². The number of nitrogens with zero attached hydrogens (tertiary/aromatic N) is 5. The van der Waals surface area contributed by atoms with E-state index in [0.29, 0.717) is 0 Å². The number of unbranched alkanes of at least 4 members (excludes halogenated alkanes) is 2. The lowest BCUT2D eigenvalue weighted by Crippen LogP contribution is -2.21. The normalized spacial score (nSPS) is 9.81. The van der Waals surface area contributed by atoms with Gasteiger partial charge >= 0.3 is 0 Å². The standard InChI is InChI=1S/C10H18N6/c1-2-3-4-6-16(15-14-11)7-5-10-8-12-9-13-10/h8-9H,2-7H2,1H3,(H,12,13). The minimum Gasteiger partial charge on any atom is -0.351 e. The number of azide groups is 1. The highest BCUT2D eigenvalue weighted by atomic mass is 15.5. The highest BCUT2D eigenvalue weighted by Gasteiger charge is 2.05. The molecule has 16 heavy (non-hydrogen) atoms. The van der Waals surface area contributed by atoms with Crippen molar-refractivity contribution in [2.24, 2.45) is 5.22 Å². The Kier molecular flexibility index (Phi) is 5.88. The Bertz CT molecular complexity index is 314. The Balaban J connectivity index is 2.30. The summed E-state index contributed by atoms with van der Waals surface area (Å²) in [6.07, 6.45) is 7.72. The molecule has 1 N–H and O–H groups in total. The SMILES string of the molecule is CCCCCN(CCc1c[nH]cn1)N=[N+]=[N-]. The van der Waals surface area contributed by atoms with Gasteiger partial charge in [-0.3, -0.25) is 0 Å². The van der Waals surface area contributed by atoms with Gasteiger partial charge in [0.2, 0.25) is 0 Å². The zero-order valence-electron chi connectivity index (χ0n) is 9.63. The van der Waals surface area contributed by atoms with Crippen molar-refractivity contribution in [1.29, 1.82) is 0 Å². The fraction of sp³-hybridized carbons (Fsp3) is 0.700. The third-order valence-electron chi connectivity index (χ3n) is 2.37. The first-order valence-electron chi connectivity index (χ1n) is 5.64. The van der Waals surface area contributed by atoms with Crippen LogP contribution in [0.5, 0.6) is 0 Å². The molecule has 0 spiro atoms. The minimum absolute atomic E-state index is 0.721. The summed E-state index contributed by atoms with van der Waals surface area (Å²) in [4.78, 5) is 9.87. The Morgan fingerprint density at radius 2 is 2.38 bits per heavy atom. The Hall–Kier alpha value is -1.68. The number of H-pyrrole nitrogens is 1. The topological polar surface area (TPSA) is 80.7 Å². The molecular formula is C10H18N6.